The number of benzene rings is 2. The first-order chi connectivity index (χ1) is 14.0. The lowest BCUT2D eigenvalue weighted by atomic mass is 9.91. The number of carbonyl (C=O) groups is 1. The van der Waals surface area contributed by atoms with Crippen LogP contribution in [-0.2, 0) is 11.2 Å². The summed E-state index contributed by atoms with van der Waals surface area (Å²) in [6.45, 7) is 0. The molecule has 0 aliphatic heterocycles. The fraction of sp³-hybridized carbons (Fsp3) is 0.435. The molecule has 6 heteroatoms. The van der Waals surface area contributed by atoms with E-state index in [1.165, 1.54) is 12.1 Å². The summed E-state index contributed by atoms with van der Waals surface area (Å²) in [7, 11) is 4.64. The number of halogens is 1. The van der Waals surface area contributed by atoms with E-state index >= 15 is 0 Å². The molecule has 1 N–H and O–H groups in total. The fourth-order valence-corrected chi connectivity index (χ4v) is 4.08. The number of methoxy groups -OCH3 is 3. The van der Waals surface area contributed by atoms with Gasteiger partial charge < -0.3 is 19.5 Å². The standard InChI is InChI=1S/C23H28FNO4/c1-27-19-12-15(13-20(28-2)23(19)29-3)14-21(26)25-22(16-6-4-5-7-16)17-8-10-18(24)11-9-17/h8-13,16,22H,4-7,14H2,1-3H3,(H,25,26)/t22-/m0/s1. The summed E-state index contributed by atoms with van der Waals surface area (Å²) in [5.41, 5.74) is 1.71. The topological polar surface area (TPSA) is 56.8 Å². The van der Waals surface area contributed by atoms with Crippen LogP contribution in [0.15, 0.2) is 36.4 Å². The van der Waals surface area contributed by atoms with E-state index in [2.05, 4.69) is 5.32 Å². The number of ether oxygens (including phenoxy) is 3. The molecule has 5 nitrogen and oxygen atoms in total. The van der Waals surface area contributed by atoms with Crippen molar-refractivity contribution in [1.29, 1.82) is 0 Å². The Morgan fingerprint density at radius 3 is 2.14 bits per heavy atom. The Hall–Kier alpha value is -2.76. The van der Waals surface area contributed by atoms with E-state index in [9.17, 15) is 9.18 Å². The minimum atomic E-state index is -0.275. The molecule has 2 aromatic carbocycles. The van der Waals surface area contributed by atoms with Crippen molar-refractivity contribution in [1.82, 2.24) is 5.32 Å². The average molecular weight is 401 g/mol. The molecule has 1 atom stereocenters. The molecule has 1 fully saturated rings. The highest BCUT2D eigenvalue weighted by Crippen LogP contribution is 2.39. The van der Waals surface area contributed by atoms with Crippen LogP contribution in [0.25, 0.3) is 0 Å². The van der Waals surface area contributed by atoms with E-state index in [1.807, 2.05) is 0 Å². The predicted octanol–water partition coefficient (Wildman–Crippen LogP) is 4.44. The first-order valence-electron chi connectivity index (χ1n) is 9.89. The van der Waals surface area contributed by atoms with Crippen molar-refractivity contribution in [3.63, 3.8) is 0 Å². The molecule has 29 heavy (non-hydrogen) atoms. The van der Waals surface area contributed by atoms with E-state index in [4.69, 9.17) is 14.2 Å². The normalized spacial score (nSPS) is 15.0. The van der Waals surface area contributed by atoms with Crippen molar-refractivity contribution < 1.29 is 23.4 Å². The monoisotopic (exact) mass is 401 g/mol. The highest BCUT2D eigenvalue weighted by molar-refractivity contribution is 5.79. The van der Waals surface area contributed by atoms with Crippen LogP contribution in [0, 0.1) is 11.7 Å². The summed E-state index contributed by atoms with van der Waals surface area (Å²) >= 11 is 0. The lowest BCUT2D eigenvalue weighted by Crippen LogP contribution is -2.33. The van der Waals surface area contributed by atoms with Gasteiger partial charge in [-0.1, -0.05) is 25.0 Å². The molecular weight excluding hydrogens is 373 g/mol. The Balaban J connectivity index is 1.79. The zero-order valence-corrected chi connectivity index (χ0v) is 17.2. The SMILES string of the molecule is COc1cc(CC(=O)N[C@H](c2ccc(F)cc2)C2CCCC2)cc(OC)c1OC. The van der Waals surface area contributed by atoms with Gasteiger partial charge in [0.15, 0.2) is 11.5 Å². The van der Waals surface area contributed by atoms with Crippen molar-refractivity contribution in [2.24, 2.45) is 5.92 Å². The third kappa shape index (κ3) is 5.00. The smallest absolute Gasteiger partial charge is 0.224 e. The van der Waals surface area contributed by atoms with Gasteiger partial charge in [0.25, 0.3) is 0 Å². The number of nitrogens with one attached hydrogen (secondary N) is 1. The first kappa shape index (κ1) is 21.0. The van der Waals surface area contributed by atoms with Crippen LogP contribution >= 0.6 is 0 Å². The van der Waals surface area contributed by atoms with Crippen LogP contribution in [0.5, 0.6) is 17.2 Å². The second kappa shape index (κ2) is 9.63. The van der Waals surface area contributed by atoms with Crippen molar-refractivity contribution in [3.05, 3.63) is 53.3 Å². The zero-order chi connectivity index (χ0) is 20.8. The molecule has 0 unspecified atom stereocenters. The third-order valence-corrected chi connectivity index (χ3v) is 5.51. The van der Waals surface area contributed by atoms with Crippen molar-refractivity contribution >= 4 is 5.91 Å². The van der Waals surface area contributed by atoms with Gasteiger partial charge in [0.2, 0.25) is 11.7 Å². The Kier molecular flexibility index (Phi) is 6.96. The molecule has 1 amide bonds. The fourth-order valence-electron chi connectivity index (χ4n) is 4.08. The van der Waals surface area contributed by atoms with Crippen molar-refractivity contribution in [2.75, 3.05) is 21.3 Å². The highest BCUT2D eigenvalue weighted by atomic mass is 19.1. The maximum Gasteiger partial charge on any atom is 0.224 e. The minimum absolute atomic E-state index is 0.0968. The molecule has 1 saturated carbocycles. The maximum absolute atomic E-state index is 13.4. The Morgan fingerprint density at radius 2 is 1.62 bits per heavy atom. The van der Waals surface area contributed by atoms with Crippen LogP contribution in [0.3, 0.4) is 0 Å². The van der Waals surface area contributed by atoms with Gasteiger partial charge in [0, 0.05) is 0 Å². The number of carbonyl (C=O) groups excluding carboxylic acids is 1. The molecule has 0 saturated heterocycles. The Bertz CT molecular complexity index is 806. The van der Waals surface area contributed by atoms with Gasteiger partial charge in [-0.3, -0.25) is 4.79 Å². The highest BCUT2D eigenvalue weighted by Gasteiger charge is 2.28. The molecule has 1 aliphatic carbocycles. The number of hydrogen-bond donors (Lipinski definition) is 1. The number of hydrogen-bond acceptors (Lipinski definition) is 4. The van der Waals surface area contributed by atoms with Gasteiger partial charge in [-0.25, -0.2) is 4.39 Å². The summed E-state index contributed by atoms with van der Waals surface area (Å²) in [6.07, 6.45) is 4.62. The quantitative estimate of drug-likeness (QED) is 0.710. The lowest BCUT2D eigenvalue weighted by molar-refractivity contribution is -0.121. The van der Waals surface area contributed by atoms with Gasteiger partial charge in [-0.2, -0.15) is 0 Å². The molecule has 0 bridgehead atoms. The van der Waals surface area contributed by atoms with Crippen LogP contribution in [-0.4, -0.2) is 27.2 Å². The van der Waals surface area contributed by atoms with E-state index in [-0.39, 0.29) is 24.2 Å². The second-order valence-electron chi connectivity index (χ2n) is 7.35. The van der Waals surface area contributed by atoms with Crippen molar-refractivity contribution in [2.45, 2.75) is 38.1 Å². The molecule has 3 rings (SSSR count). The van der Waals surface area contributed by atoms with Crippen molar-refractivity contribution in [3.8, 4) is 17.2 Å². The molecule has 0 radical (unpaired) electrons. The largest absolute Gasteiger partial charge is 0.493 e. The Morgan fingerprint density at radius 1 is 1.03 bits per heavy atom. The van der Waals surface area contributed by atoms with Crippen LogP contribution in [0.2, 0.25) is 0 Å². The van der Waals surface area contributed by atoms with E-state index < -0.39 is 0 Å². The molecule has 1 aliphatic rings. The summed E-state index contributed by atoms with van der Waals surface area (Å²) in [5.74, 6) is 1.52. The maximum atomic E-state index is 13.4. The summed E-state index contributed by atoms with van der Waals surface area (Å²) < 4.78 is 29.4. The van der Waals surface area contributed by atoms with Gasteiger partial charge in [-0.15, -0.1) is 0 Å². The average Bonchev–Trinajstić information content (AvgIpc) is 3.26. The number of amides is 1. The summed E-state index contributed by atoms with van der Waals surface area (Å²) in [6, 6.07) is 9.86. The van der Waals surface area contributed by atoms with E-state index in [1.54, 1.807) is 45.6 Å². The zero-order valence-electron chi connectivity index (χ0n) is 17.2. The van der Waals surface area contributed by atoms with E-state index in [0.29, 0.717) is 23.2 Å². The summed E-state index contributed by atoms with van der Waals surface area (Å²) in [5, 5.41) is 3.17. The molecule has 156 valence electrons. The molecular formula is C23H28FNO4. The minimum Gasteiger partial charge on any atom is -0.493 e. The van der Waals surface area contributed by atoms with Crippen LogP contribution in [0.1, 0.15) is 42.9 Å². The third-order valence-electron chi connectivity index (χ3n) is 5.51. The molecule has 0 heterocycles. The van der Waals surface area contributed by atoms with Gasteiger partial charge in [0.1, 0.15) is 5.82 Å². The van der Waals surface area contributed by atoms with Crippen LogP contribution < -0.4 is 19.5 Å². The van der Waals surface area contributed by atoms with Gasteiger partial charge >= 0.3 is 0 Å². The van der Waals surface area contributed by atoms with Crippen LogP contribution in [0.4, 0.5) is 4.39 Å². The Labute approximate surface area is 171 Å². The molecule has 2 aromatic rings. The van der Waals surface area contributed by atoms with Gasteiger partial charge in [0.05, 0.1) is 33.8 Å². The second-order valence-corrected chi connectivity index (χ2v) is 7.35. The first-order valence-corrected chi connectivity index (χ1v) is 9.89. The predicted molar refractivity (Wildman–Crippen MR) is 109 cm³/mol. The molecule has 0 aromatic heterocycles. The molecule has 0 spiro atoms. The van der Waals surface area contributed by atoms with E-state index in [0.717, 1.165) is 36.8 Å². The summed E-state index contributed by atoms with van der Waals surface area (Å²) in [4.78, 5) is 12.9. The lowest BCUT2D eigenvalue weighted by Gasteiger charge is -2.25. The number of rotatable bonds is 8. The van der Waals surface area contributed by atoms with Gasteiger partial charge in [-0.05, 0) is 54.2 Å².